The smallest absolute Gasteiger partial charge is 0.158 e. The van der Waals surface area contributed by atoms with Gasteiger partial charge in [0.15, 0.2) is 5.69 Å². The number of aromatic nitrogens is 2. The van der Waals surface area contributed by atoms with Crippen LogP contribution in [0.3, 0.4) is 0 Å². The molecule has 0 aliphatic rings. The Morgan fingerprint density at radius 1 is 1.29 bits per heavy atom. The van der Waals surface area contributed by atoms with Crippen LogP contribution in [-0.2, 0) is 0 Å². The van der Waals surface area contributed by atoms with Crippen molar-refractivity contribution in [3.63, 3.8) is 0 Å². The van der Waals surface area contributed by atoms with Crippen LogP contribution < -0.4 is 5.32 Å². The van der Waals surface area contributed by atoms with Gasteiger partial charge in [0.2, 0.25) is 0 Å². The van der Waals surface area contributed by atoms with Gasteiger partial charge in [-0.3, -0.25) is 0 Å². The van der Waals surface area contributed by atoms with Crippen LogP contribution in [0.15, 0.2) is 30.6 Å². The molecule has 1 aromatic heterocycles. The van der Waals surface area contributed by atoms with Gasteiger partial charge >= 0.3 is 0 Å². The molecule has 0 bridgehead atoms. The van der Waals surface area contributed by atoms with Gasteiger partial charge in [-0.1, -0.05) is 11.6 Å². The molecule has 0 amide bonds. The Hall–Kier alpha value is -1.39. The molecular weight excluding hydrogens is 351 g/mol. The molecule has 0 fully saturated rings. The minimum atomic E-state index is 0.282. The van der Waals surface area contributed by atoms with Crippen LogP contribution in [-0.4, -0.2) is 9.97 Å². The quantitative estimate of drug-likeness (QED) is 0.838. The second-order valence-electron chi connectivity index (χ2n) is 3.15. The number of nitrogens with zero attached hydrogens (tertiary/aromatic N) is 3. The van der Waals surface area contributed by atoms with E-state index in [1.54, 1.807) is 0 Å². The molecule has 1 aromatic carbocycles. The zero-order valence-corrected chi connectivity index (χ0v) is 11.4. The molecule has 17 heavy (non-hydrogen) atoms. The van der Waals surface area contributed by atoms with E-state index < -0.39 is 0 Å². The van der Waals surface area contributed by atoms with Crippen molar-refractivity contribution in [2.75, 3.05) is 5.32 Å². The summed E-state index contributed by atoms with van der Waals surface area (Å²) in [6.07, 6.45) is 2.90. The maximum Gasteiger partial charge on any atom is 0.158 e. The molecule has 2 rings (SSSR count). The first kappa shape index (κ1) is 12.1. The third kappa shape index (κ3) is 3.05. The normalized spacial score (nSPS) is 9.71. The van der Waals surface area contributed by atoms with Gasteiger partial charge in [-0.25, -0.2) is 9.97 Å². The highest BCUT2D eigenvalue weighted by Crippen LogP contribution is 2.26. The van der Waals surface area contributed by atoms with Gasteiger partial charge in [0, 0.05) is 3.57 Å². The molecule has 0 atom stereocenters. The molecule has 0 radical (unpaired) electrons. The van der Waals surface area contributed by atoms with Gasteiger partial charge in [-0.15, -0.1) is 0 Å². The maximum atomic E-state index is 8.60. The monoisotopic (exact) mass is 356 g/mol. The lowest BCUT2D eigenvalue weighted by atomic mass is 10.3. The second-order valence-corrected chi connectivity index (χ2v) is 4.80. The number of anilines is 2. The van der Waals surface area contributed by atoms with Gasteiger partial charge in [0.05, 0.1) is 23.1 Å². The summed E-state index contributed by atoms with van der Waals surface area (Å²) in [5.41, 5.74) is 1.04. The largest absolute Gasteiger partial charge is 0.338 e. The van der Waals surface area contributed by atoms with Crippen LogP contribution >= 0.6 is 34.2 Å². The van der Waals surface area contributed by atoms with E-state index in [1.807, 2.05) is 24.3 Å². The van der Waals surface area contributed by atoms with E-state index in [1.165, 1.54) is 12.4 Å². The number of nitriles is 1. The topological polar surface area (TPSA) is 61.6 Å². The number of hydrogen-bond acceptors (Lipinski definition) is 4. The summed E-state index contributed by atoms with van der Waals surface area (Å²) in [5, 5.41) is 12.2. The molecule has 4 nitrogen and oxygen atoms in total. The Kier molecular flexibility index (Phi) is 3.76. The Bertz CT molecular complexity index is 577. The molecule has 0 saturated carbocycles. The zero-order valence-electron chi connectivity index (χ0n) is 8.48. The highest BCUT2D eigenvalue weighted by Gasteiger charge is 2.02. The van der Waals surface area contributed by atoms with Crippen LogP contribution in [0.4, 0.5) is 11.5 Å². The number of halogens is 2. The van der Waals surface area contributed by atoms with Crippen LogP contribution in [0.1, 0.15) is 5.69 Å². The second kappa shape index (κ2) is 5.29. The fourth-order valence-corrected chi connectivity index (χ4v) is 2.08. The summed E-state index contributed by atoms with van der Waals surface area (Å²) in [5.74, 6) is 0.548. The van der Waals surface area contributed by atoms with Gasteiger partial charge in [0.25, 0.3) is 0 Å². The first-order valence-electron chi connectivity index (χ1n) is 4.63. The van der Waals surface area contributed by atoms with Crippen LogP contribution in [0, 0.1) is 14.9 Å². The number of nitrogens with one attached hydrogen (secondary N) is 1. The molecule has 0 aliphatic heterocycles. The lowest BCUT2D eigenvalue weighted by Crippen LogP contribution is -1.96. The van der Waals surface area contributed by atoms with Crippen LogP contribution in [0.5, 0.6) is 0 Å². The average Bonchev–Trinajstić information content (AvgIpc) is 2.34. The Labute approximate surface area is 117 Å². The van der Waals surface area contributed by atoms with Crippen molar-refractivity contribution in [2.24, 2.45) is 0 Å². The van der Waals surface area contributed by atoms with Crippen molar-refractivity contribution in [3.05, 3.63) is 44.9 Å². The van der Waals surface area contributed by atoms with Crippen molar-refractivity contribution in [2.45, 2.75) is 0 Å². The van der Waals surface area contributed by atoms with Gasteiger partial charge in [-0.05, 0) is 40.8 Å². The lowest BCUT2D eigenvalue weighted by Gasteiger charge is -2.07. The van der Waals surface area contributed by atoms with E-state index in [0.29, 0.717) is 10.8 Å². The van der Waals surface area contributed by atoms with E-state index >= 15 is 0 Å². The third-order valence-electron chi connectivity index (χ3n) is 1.96. The molecule has 1 heterocycles. The van der Waals surface area contributed by atoms with E-state index in [0.717, 1.165) is 9.26 Å². The van der Waals surface area contributed by atoms with E-state index in [2.05, 4.69) is 37.9 Å². The van der Waals surface area contributed by atoms with Crippen LogP contribution in [0.2, 0.25) is 5.02 Å². The fraction of sp³-hybridized carbons (Fsp3) is 0. The van der Waals surface area contributed by atoms with Crippen molar-refractivity contribution >= 4 is 45.7 Å². The first-order chi connectivity index (χ1) is 8.19. The number of hydrogen-bond donors (Lipinski definition) is 1. The molecular formula is C11H6ClIN4. The summed E-state index contributed by atoms with van der Waals surface area (Å²) >= 11 is 8.26. The van der Waals surface area contributed by atoms with Crippen molar-refractivity contribution in [1.82, 2.24) is 9.97 Å². The number of rotatable bonds is 2. The summed E-state index contributed by atoms with van der Waals surface area (Å²) < 4.78 is 1.06. The Balaban J connectivity index is 2.23. The summed E-state index contributed by atoms with van der Waals surface area (Å²) in [4.78, 5) is 7.96. The Morgan fingerprint density at radius 3 is 2.71 bits per heavy atom. The minimum Gasteiger partial charge on any atom is -0.338 e. The Morgan fingerprint density at radius 2 is 2.12 bits per heavy atom. The maximum absolute atomic E-state index is 8.60. The van der Waals surface area contributed by atoms with Crippen LogP contribution in [0.25, 0.3) is 0 Å². The van der Waals surface area contributed by atoms with Gasteiger partial charge < -0.3 is 5.32 Å². The highest BCUT2D eigenvalue weighted by molar-refractivity contribution is 14.1. The summed E-state index contributed by atoms with van der Waals surface area (Å²) in [6, 6.07) is 7.56. The van der Waals surface area contributed by atoms with E-state index in [4.69, 9.17) is 16.9 Å². The zero-order chi connectivity index (χ0) is 12.3. The van der Waals surface area contributed by atoms with Gasteiger partial charge in [0.1, 0.15) is 11.9 Å². The predicted molar refractivity (Wildman–Crippen MR) is 74.2 cm³/mol. The van der Waals surface area contributed by atoms with Crippen molar-refractivity contribution < 1.29 is 0 Å². The van der Waals surface area contributed by atoms with E-state index in [9.17, 15) is 0 Å². The third-order valence-corrected chi connectivity index (χ3v) is 2.94. The molecule has 2 aromatic rings. The minimum absolute atomic E-state index is 0.282. The van der Waals surface area contributed by atoms with Crippen molar-refractivity contribution in [1.29, 1.82) is 5.26 Å². The number of benzene rings is 1. The fourth-order valence-electron chi connectivity index (χ4n) is 1.18. The highest BCUT2D eigenvalue weighted by atomic mass is 127. The molecule has 0 unspecified atom stereocenters. The summed E-state index contributed by atoms with van der Waals surface area (Å²) in [7, 11) is 0. The molecule has 1 N–H and O–H groups in total. The SMILES string of the molecule is N#Cc1cnc(Nc2ccc(I)cc2Cl)cn1. The summed E-state index contributed by atoms with van der Waals surface area (Å²) in [6.45, 7) is 0. The molecule has 84 valence electrons. The van der Waals surface area contributed by atoms with Gasteiger partial charge in [-0.2, -0.15) is 5.26 Å². The molecule has 0 spiro atoms. The predicted octanol–water partition coefficient (Wildman–Crippen LogP) is 3.35. The standard InChI is InChI=1S/C11H6ClIN4/c12-9-3-7(13)1-2-10(9)17-11-6-15-8(4-14)5-16-11/h1-3,5-6H,(H,16,17). The van der Waals surface area contributed by atoms with E-state index in [-0.39, 0.29) is 5.69 Å². The molecule has 6 heteroatoms. The van der Waals surface area contributed by atoms with Crippen molar-refractivity contribution in [3.8, 4) is 6.07 Å². The first-order valence-corrected chi connectivity index (χ1v) is 6.09. The lowest BCUT2D eigenvalue weighted by molar-refractivity contribution is 1.16. The average molecular weight is 357 g/mol. The molecule has 0 aliphatic carbocycles. The molecule has 0 saturated heterocycles.